The first-order valence-electron chi connectivity index (χ1n) is 27.9. The summed E-state index contributed by atoms with van der Waals surface area (Å²) >= 11 is 0. The first-order chi connectivity index (χ1) is 37.2. The van der Waals surface area contributed by atoms with Crippen molar-refractivity contribution < 1.29 is 28.7 Å². The molecule has 4 bridgehead atoms. The van der Waals surface area contributed by atoms with Gasteiger partial charge in [0.1, 0.15) is 28.5 Å². The van der Waals surface area contributed by atoms with Crippen molar-refractivity contribution in [1.29, 1.82) is 0 Å². The maximum atomic E-state index is 13.2. The second-order valence-electron chi connectivity index (χ2n) is 22.6. The first kappa shape index (κ1) is 51.7. The standard InChI is InChI=1S/C31H39N7O4.C26H31N7O2/c1-5-25(39)24-14-19-16-33-29(35-28(19)38(24)20-8-6-7-9-20)34-26-13-12-22(17-32-26)36-18-23-11-10-21(15-27(36)40)37(23)30(41)42-31(2,3)4;1-2-22(34)21-11-16-13-28-26(31-25(16)33(21)19-5-3-4-6-19)30-23-10-9-20(14-27-23)32-15-18-8-7-17(29-18)12-24(32)35/h12-14,16-17,20-21,23H,5-11,15,18H2,1-4H3,(H,32,33,34,35);9-11,13-14,17-19,29H,2-8,12,15H2,1H3,(H,27,28,30,31)/t21-,23+;17-,18+/m00/s1. The molecule has 4 aliphatic heterocycles. The molecule has 20 nitrogen and oxygen atoms in total. The van der Waals surface area contributed by atoms with E-state index in [2.05, 4.69) is 45.0 Å². The summed E-state index contributed by atoms with van der Waals surface area (Å²) in [5.74, 6) is 2.35. The molecule has 6 aromatic heterocycles. The summed E-state index contributed by atoms with van der Waals surface area (Å²) in [6.07, 6.45) is 20.9. The fraction of sp³-hybridized carbons (Fsp3) is 0.526. The van der Waals surface area contributed by atoms with Gasteiger partial charge in [0, 0.05) is 92.1 Å². The number of hydrogen-bond donors (Lipinski definition) is 3. The molecule has 6 fully saturated rings. The number of ether oxygens (including phenoxy) is 1. The summed E-state index contributed by atoms with van der Waals surface area (Å²) in [5.41, 5.74) is 3.87. The van der Waals surface area contributed by atoms with Crippen LogP contribution in [0.5, 0.6) is 0 Å². The molecule has 4 atom stereocenters. The van der Waals surface area contributed by atoms with Crippen molar-refractivity contribution >= 4 is 86.4 Å². The summed E-state index contributed by atoms with van der Waals surface area (Å²) < 4.78 is 9.89. The van der Waals surface area contributed by atoms with Gasteiger partial charge in [0.05, 0.1) is 41.2 Å². The number of nitrogens with zero attached hydrogens (tertiary/aromatic N) is 11. The number of Topliss-reactive ketones (excluding diaryl/α,β-unsaturated/α-hetero) is 2. The quantitative estimate of drug-likeness (QED) is 0.0969. The number of rotatable bonds is 12. The monoisotopic (exact) mass is 1050 g/mol. The highest BCUT2D eigenvalue weighted by molar-refractivity contribution is 6.00. The summed E-state index contributed by atoms with van der Waals surface area (Å²) in [6.45, 7) is 10.4. The number of fused-ring (bicyclic) bond motifs is 6. The summed E-state index contributed by atoms with van der Waals surface area (Å²) in [4.78, 5) is 97.3. The molecule has 0 unspecified atom stereocenters. The lowest BCUT2D eigenvalue weighted by Gasteiger charge is -2.31. The van der Waals surface area contributed by atoms with E-state index < -0.39 is 5.60 Å². The van der Waals surface area contributed by atoms with Gasteiger partial charge in [0.25, 0.3) is 0 Å². The van der Waals surface area contributed by atoms with E-state index in [1.807, 2.05) is 69.9 Å². The lowest BCUT2D eigenvalue weighted by atomic mass is 10.1. The second kappa shape index (κ2) is 21.6. The van der Waals surface area contributed by atoms with Gasteiger partial charge in [-0.05, 0) is 109 Å². The number of hydrogen-bond acceptors (Lipinski definition) is 15. The van der Waals surface area contributed by atoms with Crippen LogP contribution >= 0.6 is 0 Å². The zero-order valence-electron chi connectivity index (χ0n) is 44.8. The Labute approximate surface area is 448 Å². The van der Waals surface area contributed by atoms with Crippen LogP contribution in [0.2, 0.25) is 0 Å². The Morgan fingerprint density at radius 3 is 1.58 bits per heavy atom. The zero-order valence-corrected chi connectivity index (χ0v) is 44.8. The number of ketones is 2. The van der Waals surface area contributed by atoms with Gasteiger partial charge in [-0.3, -0.25) is 24.1 Å². The van der Waals surface area contributed by atoms with Crippen molar-refractivity contribution in [3.8, 4) is 0 Å². The molecule has 0 aromatic carbocycles. The maximum absolute atomic E-state index is 13.2. The number of nitrogens with one attached hydrogen (secondary N) is 3. The SMILES string of the molecule is CCC(=O)c1cc2cnc(Nc3ccc(N4C[C@H]5CC[C@@H](CC4=O)N5)cn3)nc2n1C1CCCC1.CCC(=O)c1cc2cnc(Nc3ccc(N4C[C@H]5CC[C@@H](CC4=O)N5C(=O)OC(C)(C)C)cn3)nc2n1C1CCCC1. The fourth-order valence-corrected chi connectivity index (χ4v) is 12.4. The Kier molecular flexibility index (Phi) is 14.5. The Morgan fingerprint density at radius 1 is 0.597 bits per heavy atom. The molecular formula is C57H70N14O6. The van der Waals surface area contributed by atoms with Crippen LogP contribution in [-0.4, -0.2) is 116 Å². The van der Waals surface area contributed by atoms with Crippen molar-refractivity contribution in [3.63, 3.8) is 0 Å². The third-order valence-corrected chi connectivity index (χ3v) is 16.1. The number of anilines is 6. The van der Waals surface area contributed by atoms with Crippen LogP contribution in [0.15, 0.2) is 61.2 Å². The zero-order chi connectivity index (χ0) is 53.5. The fourth-order valence-electron chi connectivity index (χ4n) is 12.4. The molecule has 10 heterocycles. The Hall–Kier alpha value is -7.35. The number of carbonyl (C=O) groups excluding carboxylic acids is 5. The maximum Gasteiger partial charge on any atom is 0.410 e. The number of pyridine rings is 2. The third kappa shape index (κ3) is 10.9. The first-order valence-corrected chi connectivity index (χ1v) is 27.9. The summed E-state index contributed by atoms with van der Waals surface area (Å²) in [5, 5.41) is 11.7. The van der Waals surface area contributed by atoms with Gasteiger partial charge in [-0.1, -0.05) is 39.5 Å². The normalized spacial score (nSPS) is 21.9. The molecule has 404 valence electrons. The Balaban J connectivity index is 0.000000166. The Bertz CT molecular complexity index is 3190. The molecule has 4 saturated heterocycles. The van der Waals surface area contributed by atoms with Crippen LogP contribution in [0.3, 0.4) is 0 Å². The average Bonchev–Trinajstić information content (AvgIpc) is 4.40. The topological polar surface area (TPSA) is 228 Å². The highest BCUT2D eigenvalue weighted by Crippen LogP contribution is 2.38. The largest absolute Gasteiger partial charge is 0.444 e. The minimum absolute atomic E-state index is 0.0304. The predicted molar refractivity (Wildman–Crippen MR) is 293 cm³/mol. The van der Waals surface area contributed by atoms with E-state index in [1.54, 1.807) is 40.7 Å². The van der Waals surface area contributed by atoms with Gasteiger partial charge in [0.15, 0.2) is 11.6 Å². The molecule has 0 spiro atoms. The molecule has 3 N–H and O–H groups in total. The molecule has 77 heavy (non-hydrogen) atoms. The number of aromatic nitrogens is 8. The van der Waals surface area contributed by atoms with Crippen LogP contribution in [-0.2, 0) is 14.3 Å². The summed E-state index contributed by atoms with van der Waals surface area (Å²) in [6, 6.07) is 12.2. The summed E-state index contributed by atoms with van der Waals surface area (Å²) in [7, 11) is 0. The van der Waals surface area contributed by atoms with Gasteiger partial charge in [-0.25, -0.2) is 24.7 Å². The predicted octanol–water partition coefficient (Wildman–Crippen LogP) is 9.92. The van der Waals surface area contributed by atoms with Crippen molar-refractivity contribution in [2.75, 3.05) is 33.5 Å². The van der Waals surface area contributed by atoms with Crippen LogP contribution in [0.4, 0.5) is 39.7 Å². The van der Waals surface area contributed by atoms with Gasteiger partial charge in [0.2, 0.25) is 23.7 Å². The molecule has 6 aromatic rings. The van der Waals surface area contributed by atoms with E-state index in [0.717, 1.165) is 97.7 Å². The van der Waals surface area contributed by atoms with E-state index in [4.69, 9.17) is 14.7 Å². The van der Waals surface area contributed by atoms with E-state index >= 15 is 0 Å². The Morgan fingerprint density at radius 2 is 1.09 bits per heavy atom. The second-order valence-corrected chi connectivity index (χ2v) is 22.6. The minimum Gasteiger partial charge on any atom is -0.444 e. The van der Waals surface area contributed by atoms with Crippen molar-refractivity contribution in [1.82, 2.24) is 49.3 Å². The molecule has 6 aliphatic rings. The van der Waals surface area contributed by atoms with Crippen LogP contribution in [0.1, 0.15) is 170 Å². The van der Waals surface area contributed by atoms with Gasteiger partial charge in [-0.15, -0.1) is 0 Å². The van der Waals surface area contributed by atoms with E-state index in [9.17, 15) is 24.0 Å². The lowest BCUT2D eigenvalue weighted by Crippen LogP contribution is -2.45. The molecule has 2 aliphatic carbocycles. The van der Waals surface area contributed by atoms with Crippen molar-refractivity contribution in [2.45, 2.75) is 179 Å². The highest BCUT2D eigenvalue weighted by atomic mass is 16.6. The molecule has 3 amide bonds. The van der Waals surface area contributed by atoms with Gasteiger partial charge >= 0.3 is 6.09 Å². The number of amides is 3. The molecule has 20 heteroatoms. The third-order valence-electron chi connectivity index (χ3n) is 16.1. The minimum atomic E-state index is -0.595. The van der Waals surface area contributed by atoms with Crippen molar-refractivity contribution in [3.05, 3.63) is 72.6 Å². The van der Waals surface area contributed by atoms with E-state index in [0.29, 0.717) is 85.4 Å². The van der Waals surface area contributed by atoms with Crippen molar-refractivity contribution in [2.24, 2.45) is 0 Å². The molecule has 2 saturated carbocycles. The van der Waals surface area contributed by atoms with Gasteiger partial charge in [-0.2, -0.15) is 9.97 Å². The lowest BCUT2D eigenvalue weighted by molar-refractivity contribution is -0.119. The van der Waals surface area contributed by atoms with E-state index in [1.165, 1.54) is 12.8 Å². The molecule has 0 radical (unpaired) electrons. The average molecular weight is 1050 g/mol. The molecular weight excluding hydrogens is 977 g/mol. The van der Waals surface area contributed by atoms with Gasteiger partial charge < -0.3 is 39.6 Å². The van der Waals surface area contributed by atoms with Crippen LogP contribution < -0.4 is 25.8 Å². The highest BCUT2D eigenvalue weighted by Gasteiger charge is 2.45. The van der Waals surface area contributed by atoms with Crippen LogP contribution in [0, 0.1) is 0 Å². The van der Waals surface area contributed by atoms with E-state index in [-0.39, 0.29) is 54.0 Å². The molecule has 12 rings (SSSR count). The van der Waals surface area contributed by atoms with Crippen LogP contribution in [0.25, 0.3) is 22.1 Å². The smallest absolute Gasteiger partial charge is 0.410 e. The number of carbonyl (C=O) groups is 5.